The van der Waals surface area contributed by atoms with Gasteiger partial charge in [-0.05, 0) is 42.8 Å². The van der Waals surface area contributed by atoms with Crippen LogP contribution < -0.4 is 11.1 Å². The first kappa shape index (κ1) is 12.2. The van der Waals surface area contributed by atoms with Crippen molar-refractivity contribution in [2.24, 2.45) is 0 Å². The first-order valence-electron chi connectivity index (χ1n) is 6.24. The van der Waals surface area contributed by atoms with E-state index in [1.54, 1.807) is 18.3 Å². The zero-order valence-corrected chi connectivity index (χ0v) is 11.0. The number of aromatic amines is 1. The molecule has 0 saturated carbocycles. The molecule has 0 spiro atoms. The molecule has 1 heterocycles. The van der Waals surface area contributed by atoms with Crippen LogP contribution in [0.5, 0.6) is 0 Å². The van der Waals surface area contributed by atoms with E-state index in [2.05, 4.69) is 15.5 Å². The van der Waals surface area contributed by atoms with E-state index in [0.29, 0.717) is 16.9 Å². The van der Waals surface area contributed by atoms with Gasteiger partial charge in [-0.2, -0.15) is 5.10 Å². The van der Waals surface area contributed by atoms with Crippen molar-refractivity contribution in [3.63, 3.8) is 0 Å². The minimum Gasteiger partial charge on any atom is -0.398 e. The molecule has 5 nitrogen and oxygen atoms in total. The smallest absolute Gasteiger partial charge is 0.255 e. The topological polar surface area (TPSA) is 83.8 Å². The van der Waals surface area contributed by atoms with Gasteiger partial charge in [-0.25, -0.2) is 0 Å². The zero-order chi connectivity index (χ0) is 14.1. The van der Waals surface area contributed by atoms with Crippen LogP contribution in [0.25, 0.3) is 10.9 Å². The van der Waals surface area contributed by atoms with Crippen molar-refractivity contribution in [2.45, 2.75) is 6.92 Å². The number of nitrogens with two attached hydrogens (primary N) is 1. The molecule has 3 rings (SSSR count). The highest BCUT2D eigenvalue weighted by atomic mass is 16.1. The summed E-state index contributed by atoms with van der Waals surface area (Å²) in [6, 6.07) is 10.9. The number of hydrogen-bond donors (Lipinski definition) is 3. The van der Waals surface area contributed by atoms with Gasteiger partial charge in [0.05, 0.1) is 11.7 Å². The molecule has 0 aliphatic carbocycles. The van der Waals surface area contributed by atoms with Crippen LogP contribution in [0.3, 0.4) is 0 Å². The maximum absolute atomic E-state index is 12.2. The molecule has 1 amide bonds. The number of amides is 1. The predicted molar refractivity (Wildman–Crippen MR) is 79.6 cm³/mol. The van der Waals surface area contributed by atoms with Crippen molar-refractivity contribution >= 4 is 28.2 Å². The van der Waals surface area contributed by atoms with E-state index >= 15 is 0 Å². The lowest BCUT2D eigenvalue weighted by molar-refractivity contribution is 0.102. The molecule has 0 aliphatic heterocycles. The van der Waals surface area contributed by atoms with Gasteiger partial charge >= 0.3 is 0 Å². The number of aromatic nitrogens is 2. The van der Waals surface area contributed by atoms with Gasteiger partial charge < -0.3 is 11.1 Å². The second-order valence-electron chi connectivity index (χ2n) is 4.70. The van der Waals surface area contributed by atoms with Crippen LogP contribution >= 0.6 is 0 Å². The van der Waals surface area contributed by atoms with E-state index in [-0.39, 0.29) is 5.91 Å². The lowest BCUT2D eigenvalue weighted by Gasteiger charge is -2.07. The van der Waals surface area contributed by atoms with Crippen molar-refractivity contribution in [2.75, 3.05) is 11.1 Å². The number of carbonyl (C=O) groups excluding carboxylic acids is 1. The highest BCUT2D eigenvalue weighted by Crippen LogP contribution is 2.18. The number of nitrogens with zero attached hydrogens (tertiary/aromatic N) is 1. The lowest BCUT2D eigenvalue weighted by Crippen LogP contribution is -2.12. The number of rotatable bonds is 2. The fourth-order valence-electron chi connectivity index (χ4n) is 2.00. The lowest BCUT2D eigenvalue weighted by atomic mass is 10.1. The van der Waals surface area contributed by atoms with Crippen LogP contribution in [0.2, 0.25) is 0 Å². The maximum Gasteiger partial charge on any atom is 0.255 e. The van der Waals surface area contributed by atoms with E-state index in [1.807, 2.05) is 31.2 Å². The van der Waals surface area contributed by atoms with E-state index in [9.17, 15) is 4.79 Å². The summed E-state index contributed by atoms with van der Waals surface area (Å²) in [5, 5.41) is 10.7. The number of carbonyl (C=O) groups is 1. The van der Waals surface area contributed by atoms with Gasteiger partial charge in [0.25, 0.3) is 5.91 Å². The summed E-state index contributed by atoms with van der Waals surface area (Å²) in [6.07, 6.45) is 1.74. The average molecular weight is 266 g/mol. The van der Waals surface area contributed by atoms with Crippen LogP contribution in [-0.4, -0.2) is 16.1 Å². The molecule has 1 aromatic heterocycles. The van der Waals surface area contributed by atoms with Crippen LogP contribution in [-0.2, 0) is 0 Å². The Morgan fingerprint density at radius 1 is 1.25 bits per heavy atom. The molecule has 3 aromatic rings. The van der Waals surface area contributed by atoms with Gasteiger partial charge in [0.1, 0.15) is 0 Å². The summed E-state index contributed by atoms with van der Waals surface area (Å²) >= 11 is 0. The first-order chi connectivity index (χ1) is 9.63. The monoisotopic (exact) mass is 266 g/mol. The summed E-state index contributed by atoms with van der Waals surface area (Å²) in [4.78, 5) is 12.2. The second kappa shape index (κ2) is 4.70. The van der Waals surface area contributed by atoms with Gasteiger partial charge in [0, 0.05) is 22.3 Å². The molecule has 0 bridgehead atoms. The summed E-state index contributed by atoms with van der Waals surface area (Å²) in [6.45, 7) is 1.91. The van der Waals surface area contributed by atoms with Crippen LogP contribution in [0.15, 0.2) is 42.6 Å². The Bertz CT molecular complexity index is 791. The van der Waals surface area contributed by atoms with Crippen molar-refractivity contribution in [1.29, 1.82) is 0 Å². The molecule has 0 unspecified atom stereocenters. The molecular formula is C15H14N4O. The van der Waals surface area contributed by atoms with E-state index in [0.717, 1.165) is 16.5 Å². The number of fused-ring (bicyclic) bond motifs is 1. The Labute approximate surface area is 115 Å². The van der Waals surface area contributed by atoms with Gasteiger partial charge in [0.15, 0.2) is 0 Å². The molecule has 0 atom stereocenters. The quantitative estimate of drug-likeness (QED) is 0.623. The molecule has 0 radical (unpaired) electrons. The Morgan fingerprint density at radius 3 is 2.90 bits per heavy atom. The maximum atomic E-state index is 12.2. The summed E-state index contributed by atoms with van der Waals surface area (Å²) in [7, 11) is 0. The normalized spacial score (nSPS) is 10.7. The largest absolute Gasteiger partial charge is 0.398 e. The second-order valence-corrected chi connectivity index (χ2v) is 4.70. The highest BCUT2D eigenvalue weighted by molar-refractivity contribution is 6.05. The third kappa shape index (κ3) is 2.21. The molecular weight excluding hydrogens is 252 g/mol. The molecule has 0 fully saturated rings. The Kier molecular flexibility index (Phi) is 2.87. The van der Waals surface area contributed by atoms with E-state index in [4.69, 9.17) is 5.73 Å². The Hall–Kier alpha value is -2.82. The molecule has 4 N–H and O–H groups in total. The molecule has 20 heavy (non-hydrogen) atoms. The number of nitrogens with one attached hydrogen (secondary N) is 2. The molecule has 2 aromatic carbocycles. The zero-order valence-electron chi connectivity index (χ0n) is 11.0. The third-order valence-electron chi connectivity index (χ3n) is 3.24. The Balaban J connectivity index is 1.85. The van der Waals surface area contributed by atoms with E-state index < -0.39 is 0 Å². The van der Waals surface area contributed by atoms with Gasteiger partial charge in [-0.15, -0.1) is 0 Å². The van der Waals surface area contributed by atoms with E-state index in [1.165, 1.54) is 0 Å². The summed E-state index contributed by atoms with van der Waals surface area (Å²) in [5.41, 5.74) is 9.52. The first-order valence-corrected chi connectivity index (χ1v) is 6.24. The molecule has 5 heteroatoms. The van der Waals surface area contributed by atoms with Gasteiger partial charge in [0.2, 0.25) is 0 Å². The number of H-pyrrole nitrogens is 1. The number of nitrogen functional groups attached to an aromatic ring is 1. The third-order valence-corrected chi connectivity index (χ3v) is 3.24. The van der Waals surface area contributed by atoms with Crippen molar-refractivity contribution in [3.8, 4) is 0 Å². The summed E-state index contributed by atoms with van der Waals surface area (Å²) in [5.74, 6) is -0.185. The fourth-order valence-corrected chi connectivity index (χ4v) is 2.00. The van der Waals surface area contributed by atoms with Crippen molar-refractivity contribution in [1.82, 2.24) is 10.2 Å². The Morgan fingerprint density at radius 2 is 2.10 bits per heavy atom. The van der Waals surface area contributed by atoms with Crippen LogP contribution in [0.1, 0.15) is 15.9 Å². The number of aryl methyl sites for hydroxylation is 1. The van der Waals surface area contributed by atoms with Crippen molar-refractivity contribution in [3.05, 3.63) is 53.7 Å². The number of hydrogen-bond acceptors (Lipinski definition) is 3. The van der Waals surface area contributed by atoms with Crippen LogP contribution in [0.4, 0.5) is 11.4 Å². The minimum absolute atomic E-state index is 0.185. The fraction of sp³-hybridized carbons (Fsp3) is 0.0667. The van der Waals surface area contributed by atoms with Gasteiger partial charge in [-0.3, -0.25) is 9.89 Å². The predicted octanol–water partition coefficient (Wildman–Crippen LogP) is 2.71. The number of anilines is 2. The highest BCUT2D eigenvalue weighted by Gasteiger charge is 2.08. The average Bonchev–Trinajstić information content (AvgIpc) is 2.89. The summed E-state index contributed by atoms with van der Waals surface area (Å²) < 4.78 is 0. The standard InChI is InChI=1S/C15H14N4O/c1-9-2-3-10(6-13(9)16)15(20)18-12-5-4-11-8-17-19-14(11)7-12/h2-8H,16H2,1H3,(H,17,19)(H,18,20). The minimum atomic E-state index is -0.185. The van der Waals surface area contributed by atoms with Gasteiger partial charge in [-0.1, -0.05) is 6.07 Å². The van der Waals surface area contributed by atoms with Crippen molar-refractivity contribution < 1.29 is 4.79 Å². The molecule has 0 aliphatic rings. The SMILES string of the molecule is Cc1ccc(C(=O)Nc2ccc3cn[nH]c3c2)cc1N. The number of benzene rings is 2. The van der Waals surface area contributed by atoms with Crippen LogP contribution in [0, 0.1) is 6.92 Å². The molecule has 100 valence electrons. The molecule has 0 saturated heterocycles.